The van der Waals surface area contributed by atoms with Gasteiger partial charge in [-0.1, -0.05) is 6.92 Å². The number of amides is 2. The fourth-order valence-electron chi connectivity index (χ4n) is 2.39. The molecule has 0 atom stereocenters. The van der Waals surface area contributed by atoms with E-state index in [9.17, 15) is 9.59 Å². The van der Waals surface area contributed by atoms with E-state index in [1.807, 2.05) is 53.5 Å². The van der Waals surface area contributed by atoms with Crippen LogP contribution in [0.1, 0.15) is 36.7 Å². The van der Waals surface area contributed by atoms with Crippen molar-refractivity contribution in [3.05, 3.63) is 62.2 Å². The van der Waals surface area contributed by atoms with E-state index >= 15 is 0 Å². The summed E-state index contributed by atoms with van der Waals surface area (Å²) in [7, 11) is 0. The Labute approximate surface area is 147 Å². The van der Waals surface area contributed by atoms with Gasteiger partial charge in [0, 0.05) is 17.3 Å². The lowest BCUT2D eigenvalue weighted by Crippen LogP contribution is -2.41. The van der Waals surface area contributed by atoms with Crippen LogP contribution in [-0.2, 0) is 6.42 Å². The van der Waals surface area contributed by atoms with Gasteiger partial charge in [0.25, 0.3) is 11.8 Å². The lowest BCUT2D eigenvalue weighted by atomic mass is 10.2. The molecule has 3 aromatic rings. The molecule has 2 N–H and O–H groups in total. The van der Waals surface area contributed by atoms with Crippen molar-refractivity contribution < 1.29 is 9.59 Å². The van der Waals surface area contributed by atoms with Gasteiger partial charge < -0.3 is 4.57 Å². The van der Waals surface area contributed by atoms with Crippen LogP contribution in [0.15, 0.2) is 42.0 Å². The van der Waals surface area contributed by atoms with Crippen LogP contribution in [0, 0.1) is 6.92 Å². The monoisotopic (exact) mass is 359 g/mol. The minimum Gasteiger partial charge on any atom is -0.322 e. The largest absolute Gasteiger partial charge is 0.322 e. The predicted molar refractivity (Wildman–Crippen MR) is 97.0 cm³/mol. The molecule has 0 bridgehead atoms. The minimum atomic E-state index is -0.328. The molecule has 0 saturated carbocycles. The average Bonchev–Trinajstić information content (AvgIpc) is 3.30. The molecule has 0 saturated heterocycles. The van der Waals surface area contributed by atoms with E-state index in [4.69, 9.17) is 0 Å². The van der Waals surface area contributed by atoms with Crippen LogP contribution in [0.2, 0.25) is 0 Å². The number of aryl methyl sites for hydroxylation is 2. The molecular formula is C17H17N3O2S2. The van der Waals surface area contributed by atoms with Crippen molar-refractivity contribution in [2.75, 3.05) is 0 Å². The maximum atomic E-state index is 12.4. The Morgan fingerprint density at radius 3 is 2.54 bits per heavy atom. The number of carbonyl (C=O) groups is 2. The van der Waals surface area contributed by atoms with E-state index in [1.165, 1.54) is 27.6 Å². The Balaban J connectivity index is 1.68. The molecule has 3 heterocycles. The molecule has 2 amide bonds. The molecular weight excluding hydrogens is 342 g/mol. The zero-order valence-electron chi connectivity index (χ0n) is 13.3. The van der Waals surface area contributed by atoms with Gasteiger partial charge in [-0.25, -0.2) is 0 Å². The molecule has 0 spiro atoms. The Kier molecular flexibility index (Phi) is 4.82. The maximum absolute atomic E-state index is 12.4. The van der Waals surface area contributed by atoms with Gasteiger partial charge in [-0.2, -0.15) is 0 Å². The second-order valence-corrected chi connectivity index (χ2v) is 7.26. The van der Waals surface area contributed by atoms with E-state index in [2.05, 4.69) is 17.8 Å². The van der Waals surface area contributed by atoms with E-state index in [0.717, 1.165) is 17.7 Å². The van der Waals surface area contributed by atoms with Crippen LogP contribution in [0.3, 0.4) is 0 Å². The summed E-state index contributed by atoms with van der Waals surface area (Å²) in [5, 5.41) is 1.85. The third-order valence-corrected chi connectivity index (χ3v) is 5.87. The van der Waals surface area contributed by atoms with Crippen LogP contribution >= 0.6 is 22.7 Å². The summed E-state index contributed by atoms with van der Waals surface area (Å²) in [6, 6.07) is 7.51. The normalized spacial score (nSPS) is 10.6. The Morgan fingerprint density at radius 1 is 1.17 bits per heavy atom. The molecule has 3 aromatic heterocycles. The lowest BCUT2D eigenvalue weighted by Gasteiger charge is -2.07. The Morgan fingerprint density at radius 2 is 1.88 bits per heavy atom. The fraction of sp³-hybridized carbons (Fsp3) is 0.176. The second-order valence-electron chi connectivity index (χ2n) is 5.20. The summed E-state index contributed by atoms with van der Waals surface area (Å²) >= 11 is 2.79. The molecule has 0 aromatic carbocycles. The molecule has 0 aliphatic rings. The van der Waals surface area contributed by atoms with Gasteiger partial charge in [0.2, 0.25) is 0 Å². The quantitative estimate of drug-likeness (QED) is 0.700. The predicted octanol–water partition coefficient (Wildman–Crippen LogP) is 3.55. The molecule has 0 unspecified atom stereocenters. The van der Waals surface area contributed by atoms with E-state index in [-0.39, 0.29) is 11.8 Å². The number of carbonyl (C=O) groups excluding carboxylic acids is 2. The number of rotatable bonds is 4. The highest BCUT2D eigenvalue weighted by Crippen LogP contribution is 2.23. The van der Waals surface area contributed by atoms with Crippen molar-refractivity contribution in [1.82, 2.24) is 15.4 Å². The van der Waals surface area contributed by atoms with Crippen molar-refractivity contribution in [1.29, 1.82) is 0 Å². The molecule has 0 fully saturated rings. The minimum absolute atomic E-state index is 0.296. The molecule has 0 radical (unpaired) electrons. The highest BCUT2D eigenvalue weighted by atomic mass is 32.1. The van der Waals surface area contributed by atoms with Crippen molar-refractivity contribution in [2.24, 2.45) is 0 Å². The van der Waals surface area contributed by atoms with E-state index in [1.54, 1.807) is 0 Å². The summed E-state index contributed by atoms with van der Waals surface area (Å²) in [4.78, 5) is 26.9. The van der Waals surface area contributed by atoms with Crippen LogP contribution in [0.25, 0.3) is 5.69 Å². The number of nitrogens with zero attached hydrogens (tertiary/aromatic N) is 1. The summed E-state index contributed by atoms with van der Waals surface area (Å²) in [6.45, 7) is 4.04. The molecule has 7 heteroatoms. The van der Waals surface area contributed by atoms with Gasteiger partial charge in [0.1, 0.15) is 4.88 Å². The Hall–Kier alpha value is -2.38. The van der Waals surface area contributed by atoms with Crippen LogP contribution in [-0.4, -0.2) is 16.4 Å². The zero-order valence-corrected chi connectivity index (χ0v) is 15.0. The second kappa shape index (κ2) is 7.02. The van der Waals surface area contributed by atoms with Crippen molar-refractivity contribution in [3.63, 3.8) is 0 Å². The summed E-state index contributed by atoms with van der Waals surface area (Å²) in [5.41, 5.74) is 6.88. The highest BCUT2D eigenvalue weighted by Gasteiger charge is 2.16. The molecule has 124 valence electrons. The molecule has 0 aliphatic carbocycles. The third kappa shape index (κ3) is 3.27. The van der Waals surface area contributed by atoms with Crippen molar-refractivity contribution in [2.45, 2.75) is 20.3 Å². The highest BCUT2D eigenvalue weighted by molar-refractivity contribution is 7.14. The first-order valence-corrected chi connectivity index (χ1v) is 9.20. The lowest BCUT2D eigenvalue weighted by molar-refractivity contribution is 0.0851. The van der Waals surface area contributed by atoms with Crippen molar-refractivity contribution >= 4 is 34.5 Å². The first-order chi connectivity index (χ1) is 11.6. The smallest absolute Gasteiger partial charge is 0.281 e. The van der Waals surface area contributed by atoms with Gasteiger partial charge in [0.05, 0.1) is 10.6 Å². The number of thiophene rings is 2. The summed E-state index contributed by atoms with van der Waals surface area (Å²) in [6.07, 6.45) is 4.64. The number of hydrogen-bond donors (Lipinski definition) is 2. The first-order valence-electron chi connectivity index (χ1n) is 7.51. The Bertz CT molecular complexity index is 862. The topological polar surface area (TPSA) is 63.1 Å². The molecule has 24 heavy (non-hydrogen) atoms. The summed E-state index contributed by atoms with van der Waals surface area (Å²) < 4.78 is 1.86. The zero-order chi connectivity index (χ0) is 17.1. The van der Waals surface area contributed by atoms with Gasteiger partial charge in [-0.15, -0.1) is 22.7 Å². The number of nitrogens with one attached hydrogen (secondary N) is 2. The number of aromatic nitrogens is 1. The molecule has 5 nitrogen and oxygen atoms in total. The fourth-order valence-corrected chi connectivity index (χ4v) is 4.18. The maximum Gasteiger partial charge on any atom is 0.281 e. The third-order valence-electron chi connectivity index (χ3n) is 3.59. The van der Waals surface area contributed by atoms with Gasteiger partial charge in [-0.3, -0.25) is 20.4 Å². The van der Waals surface area contributed by atoms with Gasteiger partial charge in [-0.05, 0) is 48.6 Å². The van der Waals surface area contributed by atoms with Crippen LogP contribution in [0.5, 0.6) is 0 Å². The average molecular weight is 359 g/mol. The number of hydrazine groups is 1. The number of hydrogen-bond acceptors (Lipinski definition) is 4. The van der Waals surface area contributed by atoms with Gasteiger partial charge in [0.15, 0.2) is 0 Å². The molecule has 0 aliphatic heterocycles. The SMILES string of the molecule is CCc1sc(C(=O)NNC(=O)c2sccc2-n2cccc2)cc1C. The van der Waals surface area contributed by atoms with Crippen LogP contribution in [0.4, 0.5) is 0 Å². The summed E-state index contributed by atoms with van der Waals surface area (Å²) in [5.74, 6) is -0.624. The van der Waals surface area contributed by atoms with Gasteiger partial charge >= 0.3 is 0 Å². The molecule has 3 rings (SSSR count). The van der Waals surface area contributed by atoms with Crippen molar-refractivity contribution in [3.8, 4) is 5.69 Å². The van der Waals surface area contributed by atoms with E-state index < -0.39 is 0 Å². The first kappa shape index (κ1) is 16.5. The van der Waals surface area contributed by atoms with Crippen LogP contribution < -0.4 is 10.9 Å². The van der Waals surface area contributed by atoms with E-state index in [0.29, 0.717) is 9.75 Å². The standard InChI is InChI=1S/C17H17N3O2S2/c1-3-13-11(2)10-14(24-13)16(21)18-19-17(22)15-12(6-9-23-15)20-7-4-5-8-20/h4-10H,3H2,1-2H3,(H,18,21)(H,19,22).